The summed E-state index contributed by atoms with van der Waals surface area (Å²) in [5.41, 5.74) is 6.93. The molecule has 0 aliphatic heterocycles. The van der Waals surface area contributed by atoms with Crippen molar-refractivity contribution in [1.82, 2.24) is 24.5 Å². The standard InChI is InChI=1S/C20H18BrF2N7O2S/c1-4-30-7-11(21)14(28-30)19(32)27-15-13-9(10-6-25-29(3)8(10)2)5-12(17(22)23)26-20(13)33-16(15)18(24)31/h5-7,17H,4H2,1-3H3,(H2,24,31)(H,27,32). The predicted molar refractivity (Wildman–Crippen MR) is 124 cm³/mol. The SMILES string of the molecule is CCn1cc(Br)c(C(=O)Nc2c(C(N)=O)sc3nc(C(F)F)cc(-c4cnn(C)c4C)c23)n1. The number of hydrogen-bond acceptors (Lipinski definition) is 6. The van der Waals surface area contributed by atoms with Gasteiger partial charge in [0.2, 0.25) is 0 Å². The number of rotatable bonds is 6. The quantitative estimate of drug-likeness (QED) is 0.380. The van der Waals surface area contributed by atoms with Crippen molar-refractivity contribution in [2.24, 2.45) is 12.8 Å². The highest BCUT2D eigenvalue weighted by atomic mass is 79.9. The Kier molecular flexibility index (Phi) is 6.01. The minimum absolute atomic E-state index is 0.00823. The van der Waals surface area contributed by atoms with E-state index in [2.05, 4.69) is 36.4 Å². The number of aromatic nitrogens is 5. The molecule has 0 aliphatic carbocycles. The van der Waals surface area contributed by atoms with Crippen LogP contribution in [0.25, 0.3) is 21.3 Å². The summed E-state index contributed by atoms with van der Waals surface area (Å²) in [5.74, 6) is -1.41. The van der Waals surface area contributed by atoms with Crippen LogP contribution in [-0.2, 0) is 13.6 Å². The Labute approximate surface area is 198 Å². The molecular formula is C20H18BrF2N7O2S. The molecule has 0 fully saturated rings. The fraction of sp³-hybridized carbons (Fsp3) is 0.250. The first-order chi connectivity index (χ1) is 15.6. The molecule has 0 spiro atoms. The van der Waals surface area contributed by atoms with Gasteiger partial charge in [-0.25, -0.2) is 13.8 Å². The van der Waals surface area contributed by atoms with Crippen molar-refractivity contribution in [2.45, 2.75) is 26.8 Å². The summed E-state index contributed by atoms with van der Waals surface area (Å²) < 4.78 is 30.9. The zero-order chi connectivity index (χ0) is 24.0. The van der Waals surface area contributed by atoms with Crippen LogP contribution in [0.2, 0.25) is 0 Å². The van der Waals surface area contributed by atoms with Crippen molar-refractivity contribution >= 4 is 55.0 Å². The topological polar surface area (TPSA) is 121 Å². The van der Waals surface area contributed by atoms with Gasteiger partial charge in [-0.05, 0) is 41.4 Å². The number of primary amides is 1. The Balaban J connectivity index is 1.97. The Hall–Kier alpha value is -3.19. The summed E-state index contributed by atoms with van der Waals surface area (Å²) in [5, 5.41) is 11.4. The second-order valence-corrected chi connectivity index (χ2v) is 9.00. The second-order valence-electron chi connectivity index (χ2n) is 7.15. The number of nitrogens with two attached hydrogens (primary N) is 1. The maximum absolute atomic E-state index is 13.6. The lowest BCUT2D eigenvalue weighted by molar-refractivity contribution is 0.100. The third-order valence-electron chi connectivity index (χ3n) is 5.15. The third kappa shape index (κ3) is 4.02. The molecule has 0 aliphatic rings. The van der Waals surface area contributed by atoms with Crippen LogP contribution in [0.4, 0.5) is 14.5 Å². The number of nitrogens with one attached hydrogen (secondary N) is 1. The molecule has 13 heteroatoms. The Bertz CT molecular complexity index is 1410. The van der Waals surface area contributed by atoms with Crippen LogP contribution in [0.1, 0.15) is 44.9 Å². The molecule has 4 heterocycles. The van der Waals surface area contributed by atoms with E-state index in [-0.39, 0.29) is 21.1 Å². The van der Waals surface area contributed by atoms with Crippen molar-refractivity contribution in [1.29, 1.82) is 0 Å². The molecule has 172 valence electrons. The van der Waals surface area contributed by atoms with Gasteiger partial charge in [-0.15, -0.1) is 11.3 Å². The number of carbonyl (C=O) groups excluding carboxylic acids is 2. The van der Waals surface area contributed by atoms with E-state index in [4.69, 9.17) is 5.73 Å². The first kappa shape index (κ1) is 23.0. The van der Waals surface area contributed by atoms with Crippen molar-refractivity contribution in [2.75, 3.05) is 5.32 Å². The normalized spacial score (nSPS) is 11.5. The van der Waals surface area contributed by atoms with Crippen LogP contribution in [-0.4, -0.2) is 36.4 Å². The second kappa shape index (κ2) is 8.63. The minimum atomic E-state index is -2.84. The van der Waals surface area contributed by atoms with Crippen LogP contribution in [0.15, 0.2) is 22.9 Å². The third-order valence-corrected chi connectivity index (χ3v) is 6.83. The van der Waals surface area contributed by atoms with Gasteiger partial charge in [0.25, 0.3) is 18.2 Å². The van der Waals surface area contributed by atoms with Crippen LogP contribution < -0.4 is 11.1 Å². The van der Waals surface area contributed by atoms with Crippen molar-refractivity contribution in [3.05, 3.63) is 44.9 Å². The number of amides is 2. The summed E-state index contributed by atoms with van der Waals surface area (Å²) in [7, 11) is 1.72. The highest BCUT2D eigenvalue weighted by molar-refractivity contribution is 9.10. The monoisotopic (exact) mass is 537 g/mol. The molecule has 2 amide bonds. The number of carbonyl (C=O) groups is 2. The maximum atomic E-state index is 13.6. The average Bonchev–Trinajstić information content (AvgIpc) is 3.43. The first-order valence-corrected chi connectivity index (χ1v) is 11.3. The van der Waals surface area contributed by atoms with Gasteiger partial charge < -0.3 is 11.1 Å². The molecule has 33 heavy (non-hydrogen) atoms. The summed E-state index contributed by atoms with van der Waals surface area (Å²) in [6, 6.07) is 1.24. The molecule has 4 aromatic heterocycles. The van der Waals surface area contributed by atoms with E-state index in [0.29, 0.717) is 33.2 Å². The maximum Gasteiger partial charge on any atom is 0.280 e. The number of pyridine rings is 1. The number of nitrogens with zero attached hydrogens (tertiary/aromatic N) is 5. The van der Waals surface area contributed by atoms with E-state index in [1.54, 1.807) is 29.5 Å². The molecule has 0 bridgehead atoms. The Morgan fingerprint density at radius 1 is 1.33 bits per heavy atom. The average molecular weight is 538 g/mol. The largest absolute Gasteiger partial charge is 0.365 e. The summed E-state index contributed by atoms with van der Waals surface area (Å²) in [6.07, 6.45) is 0.346. The van der Waals surface area contributed by atoms with Crippen LogP contribution >= 0.6 is 27.3 Å². The van der Waals surface area contributed by atoms with Crippen molar-refractivity contribution in [3.8, 4) is 11.1 Å². The number of fused-ring (bicyclic) bond motifs is 1. The molecule has 4 aromatic rings. The van der Waals surface area contributed by atoms with Gasteiger partial charge in [-0.1, -0.05) is 0 Å². The van der Waals surface area contributed by atoms with E-state index in [1.165, 1.54) is 12.3 Å². The summed E-state index contributed by atoms with van der Waals surface area (Å²) in [6.45, 7) is 4.20. The van der Waals surface area contributed by atoms with Crippen molar-refractivity contribution in [3.63, 3.8) is 0 Å². The number of anilines is 1. The van der Waals surface area contributed by atoms with Gasteiger partial charge in [-0.3, -0.25) is 19.0 Å². The Morgan fingerprint density at radius 3 is 2.61 bits per heavy atom. The van der Waals surface area contributed by atoms with Gasteiger partial charge >= 0.3 is 0 Å². The fourth-order valence-corrected chi connectivity index (χ4v) is 4.89. The lowest BCUT2D eigenvalue weighted by Gasteiger charge is -2.10. The molecule has 0 saturated carbocycles. The molecule has 0 aromatic carbocycles. The van der Waals surface area contributed by atoms with Gasteiger partial charge in [0, 0.05) is 36.4 Å². The van der Waals surface area contributed by atoms with E-state index in [9.17, 15) is 18.4 Å². The zero-order valence-electron chi connectivity index (χ0n) is 17.7. The van der Waals surface area contributed by atoms with E-state index in [1.807, 2.05) is 6.92 Å². The zero-order valence-corrected chi connectivity index (χ0v) is 20.1. The molecule has 0 unspecified atom stereocenters. The molecule has 9 nitrogen and oxygen atoms in total. The number of alkyl halides is 2. The van der Waals surface area contributed by atoms with Gasteiger partial charge in [-0.2, -0.15) is 10.2 Å². The number of thiophene rings is 1. The number of hydrogen-bond donors (Lipinski definition) is 2. The fourth-order valence-electron chi connectivity index (χ4n) is 3.38. The van der Waals surface area contributed by atoms with Gasteiger partial charge in [0.05, 0.1) is 16.4 Å². The number of halogens is 3. The lowest BCUT2D eigenvalue weighted by atomic mass is 10.0. The first-order valence-electron chi connectivity index (χ1n) is 9.71. The number of aryl methyl sites for hydroxylation is 2. The minimum Gasteiger partial charge on any atom is -0.365 e. The Morgan fingerprint density at radius 2 is 2.06 bits per heavy atom. The highest BCUT2D eigenvalue weighted by Gasteiger charge is 2.27. The van der Waals surface area contributed by atoms with Gasteiger partial charge in [0.15, 0.2) is 5.69 Å². The summed E-state index contributed by atoms with van der Waals surface area (Å²) >= 11 is 4.15. The predicted octanol–water partition coefficient (Wildman–Crippen LogP) is 4.27. The van der Waals surface area contributed by atoms with Crippen molar-refractivity contribution < 1.29 is 18.4 Å². The summed E-state index contributed by atoms with van der Waals surface area (Å²) in [4.78, 5) is 29.4. The molecule has 3 N–H and O–H groups in total. The lowest BCUT2D eigenvalue weighted by Crippen LogP contribution is -2.17. The van der Waals surface area contributed by atoms with Crippen LogP contribution in [0.3, 0.4) is 0 Å². The molecular weight excluding hydrogens is 520 g/mol. The molecule has 0 saturated heterocycles. The molecule has 0 radical (unpaired) electrons. The molecule has 0 atom stereocenters. The van der Waals surface area contributed by atoms with E-state index < -0.39 is 23.9 Å². The van der Waals surface area contributed by atoms with E-state index in [0.717, 1.165) is 11.3 Å². The van der Waals surface area contributed by atoms with Crippen LogP contribution in [0.5, 0.6) is 0 Å². The van der Waals surface area contributed by atoms with Crippen LogP contribution in [0, 0.1) is 6.92 Å². The van der Waals surface area contributed by atoms with Gasteiger partial charge in [0.1, 0.15) is 15.4 Å². The van der Waals surface area contributed by atoms with E-state index >= 15 is 0 Å². The smallest absolute Gasteiger partial charge is 0.280 e. The highest BCUT2D eigenvalue weighted by Crippen LogP contribution is 2.43. The molecule has 4 rings (SSSR count).